The molecule has 0 aromatic carbocycles. The average molecular weight is 475 g/mol. The number of aliphatic carboxylic acids is 2. The molecule has 0 rings (SSSR count). The quantitative estimate of drug-likeness (QED) is 0.126. The largest absolute Gasteiger partial charge is 0.481 e. The number of carboxylic acids is 2. The van der Waals surface area contributed by atoms with Gasteiger partial charge in [0, 0.05) is 0 Å². The molecule has 188 valence electrons. The summed E-state index contributed by atoms with van der Waals surface area (Å²) in [6, 6.07) is -6.55. The van der Waals surface area contributed by atoms with Crippen LogP contribution in [0.1, 0.15) is 40.5 Å². The van der Waals surface area contributed by atoms with Crippen molar-refractivity contribution in [2.45, 2.75) is 70.7 Å². The van der Waals surface area contributed by atoms with E-state index < -0.39 is 78.8 Å². The second kappa shape index (κ2) is 14.0. The van der Waals surface area contributed by atoms with Crippen LogP contribution in [0.25, 0.3) is 0 Å². The number of carboxylic acid groups (broad SMARTS) is 2. The molecule has 14 heteroatoms. The van der Waals surface area contributed by atoms with E-state index in [-0.39, 0.29) is 12.3 Å². The highest BCUT2D eigenvalue weighted by molar-refractivity contribution is 5.96. The number of rotatable bonds is 14. The zero-order chi connectivity index (χ0) is 25.9. The molecule has 0 unspecified atom stereocenters. The van der Waals surface area contributed by atoms with Crippen molar-refractivity contribution in [3.63, 3.8) is 0 Å². The highest BCUT2D eigenvalue weighted by Gasteiger charge is 2.31. The highest BCUT2D eigenvalue weighted by atomic mass is 16.4. The number of carbonyl (C=O) groups is 6. The van der Waals surface area contributed by atoms with Gasteiger partial charge in [0.15, 0.2) is 0 Å². The lowest BCUT2D eigenvalue weighted by molar-refractivity contribution is -0.144. The predicted octanol–water partition coefficient (Wildman–Crippen LogP) is -3.11. The van der Waals surface area contributed by atoms with Crippen LogP contribution in [-0.4, -0.2) is 87.7 Å². The predicted molar refractivity (Wildman–Crippen MR) is 113 cm³/mol. The number of aliphatic hydroxyl groups is 1. The first-order valence-corrected chi connectivity index (χ1v) is 10.2. The third-order valence-electron chi connectivity index (χ3n) is 4.31. The monoisotopic (exact) mass is 475 g/mol. The van der Waals surface area contributed by atoms with Crippen molar-refractivity contribution in [2.75, 3.05) is 6.61 Å². The first-order valence-electron chi connectivity index (χ1n) is 10.2. The smallest absolute Gasteiger partial charge is 0.326 e. The van der Waals surface area contributed by atoms with Crippen LogP contribution in [0.4, 0.5) is 0 Å². The minimum absolute atomic E-state index is 0.0803. The van der Waals surface area contributed by atoms with E-state index in [9.17, 15) is 39.0 Å². The molecule has 0 aliphatic carbocycles. The summed E-state index contributed by atoms with van der Waals surface area (Å²) >= 11 is 0. The van der Waals surface area contributed by atoms with Crippen LogP contribution < -0.4 is 27.0 Å². The van der Waals surface area contributed by atoms with Crippen molar-refractivity contribution < 1.29 is 44.1 Å². The maximum absolute atomic E-state index is 12.5. The molecule has 0 bridgehead atoms. The molecule has 33 heavy (non-hydrogen) atoms. The minimum Gasteiger partial charge on any atom is -0.481 e. The van der Waals surface area contributed by atoms with E-state index in [2.05, 4.69) is 21.3 Å². The molecule has 0 aromatic rings. The van der Waals surface area contributed by atoms with Gasteiger partial charge in [-0.2, -0.15) is 0 Å². The Labute approximate surface area is 190 Å². The van der Waals surface area contributed by atoms with Crippen LogP contribution in [-0.2, 0) is 28.8 Å². The molecule has 0 heterocycles. The van der Waals surface area contributed by atoms with Crippen molar-refractivity contribution in [1.29, 1.82) is 0 Å². The lowest BCUT2D eigenvalue weighted by atomic mass is 10.0. The summed E-state index contributed by atoms with van der Waals surface area (Å²) in [6.45, 7) is 5.28. The Kier molecular flexibility index (Phi) is 12.6. The fourth-order valence-electron chi connectivity index (χ4n) is 2.52. The Balaban J connectivity index is 5.23. The number of carbonyl (C=O) groups excluding carboxylic acids is 4. The van der Waals surface area contributed by atoms with Gasteiger partial charge in [-0.3, -0.25) is 24.0 Å². The van der Waals surface area contributed by atoms with Gasteiger partial charge >= 0.3 is 11.9 Å². The summed E-state index contributed by atoms with van der Waals surface area (Å²) in [5, 5.41) is 36.4. The fourth-order valence-corrected chi connectivity index (χ4v) is 2.52. The Bertz CT molecular complexity index is 741. The van der Waals surface area contributed by atoms with E-state index in [0.717, 1.165) is 0 Å². The van der Waals surface area contributed by atoms with Crippen LogP contribution in [0.3, 0.4) is 0 Å². The summed E-state index contributed by atoms with van der Waals surface area (Å²) in [7, 11) is 0. The molecule has 0 aromatic heterocycles. The summed E-state index contributed by atoms with van der Waals surface area (Å²) in [4.78, 5) is 71.2. The van der Waals surface area contributed by atoms with Crippen LogP contribution in [0.15, 0.2) is 0 Å². The number of hydrogen-bond acceptors (Lipinski definition) is 8. The standard InChI is InChI=1S/C19H33N5O9/c1-8(2)5-12(19(32)33)23-17(30)11(6-14(26)27)22-16(29)10(4)21-18(31)13(7-25)24-15(28)9(3)20/h8-13,25H,5-7,20H2,1-4H3,(H,21,31)(H,22,29)(H,23,30)(H,24,28)(H,26,27)(H,32,33)/t9-,10-,11-,12-,13-/m0/s1. The van der Waals surface area contributed by atoms with Gasteiger partial charge in [0.05, 0.1) is 19.1 Å². The molecule has 0 aliphatic heterocycles. The molecule has 14 nitrogen and oxygen atoms in total. The Hall–Kier alpha value is -3.26. The maximum atomic E-state index is 12.5. The molecule has 0 radical (unpaired) electrons. The van der Waals surface area contributed by atoms with Gasteiger partial charge in [-0.25, -0.2) is 4.79 Å². The van der Waals surface area contributed by atoms with Gasteiger partial charge in [-0.15, -0.1) is 0 Å². The Morgan fingerprint density at radius 1 is 0.727 bits per heavy atom. The van der Waals surface area contributed by atoms with E-state index in [1.165, 1.54) is 13.8 Å². The molecule has 0 saturated heterocycles. The number of hydrogen-bond donors (Lipinski definition) is 8. The number of aliphatic hydroxyl groups excluding tert-OH is 1. The van der Waals surface area contributed by atoms with E-state index in [1.807, 2.05) is 0 Å². The number of nitrogens with one attached hydrogen (secondary N) is 4. The molecule has 0 fully saturated rings. The van der Waals surface area contributed by atoms with Crippen LogP contribution in [0.2, 0.25) is 0 Å². The van der Waals surface area contributed by atoms with Gasteiger partial charge in [-0.05, 0) is 26.2 Å². The first kappa shape index (κ1) is 29.7. The molecule has 0 aliphatic rings. The first-order chi connectivity index (χ1) is 15.2. The SMILES string of the molecule is CC(C)C[C@H](NC(=O)[C@H](CC(=O)O)NC(=O)[C@H](C)NC(=O)[C@H](CO)NC(=O)[C@H](C)N)C(=O)O. The normalized spacial score (nSPS) is 15.4. The van der Waals surface area contributed by atoms with Crippen LogP contribution >= 0.6 is 0 Å². The fraction of sp³-hybridized carbons (Fsp3) is 0.684. The zero-order valence-corrected chi connectivity index (χ0v) is 19.0. The topological polar surface area (TPSA) is 237 Å². The van der Waals surface area contributed by atoms with Crippen molar-refractivity contribution >= 4 is 35.6 Å². The molecule has 9 N–H and O–H groups in total. The molecular weight excluding hydrogens is 442 g/mol. The molecular formula is C19H33N5O9. The zero-order valence-electron chi connectivity index (χ0n) is 19.0. The third-order valence-corrected chi connectivity index (χ3v) is 4.31. The average Bonchev–Trinajstić information content (AvgIpc) is 2.69. The van der Waals surface area contributed by atoms with E-state index in [0.29, 0.717) is 0 Å². The molecule has 4 amide bonds. The summed E-state index contributed by atoms with van der Waals surface area (Å²) in [5.74, 6) is -6.43. The van der Waals surface area contributed by atoms with Gasteiger partial charge in [0.25, 0.3) is 0 Å². The highest BCUT2D eigenvalue weighted by Crippen LogP contribution is 2.06. The van der Waals surface area contributed by atoms with Gasteiger partial charge in [0.1, 0.15) is 24.2 Å². The summed E-state index contributed by atoms with van der Waals surface area (Å²) < 4.78 is 0. The van der Waals surface area contributed by atoms with E-state index in [1.54, 1.807) is 13.8 Å². The van der Waals surface area contributed by atoms with Crippen LogP contribution in [0.5, 0.6) is 0 Å². The van der Waals surface area contributed by atoms with Crippen molar-refractivity contribution in [3.05, 3.63) is 0 Å². The second-order valence-corrected chi connectivity index (χ2v) is 7.95. The number of amides is 4. The maximum Gasteiger partial charge on any atom is 0.326 e. The van der Waals surface area contributed by atoms with Crippen LogP contribution in [0, 0.1) is 5.92 Å². The molecule has 5 atom stereocenters. The lowest BCUT2D eigenvalue weighted by Gasteiger charge is -2.24. The van der Waals surface area contributed by atoms with Crippen molar-refractivity contribution in [2.24, 2.45) is 11.7 Å². The summed E-state index contributed by atoms with van der Waals surface area (Å²) in [6.07, 6.45) is -0.757. The van der Waals surface area contributed by atoms with Crippen molar-refractivity contribution in [1.82, 2.24) is 21.3 Å². The minimum atomic E-state index is -1.62. The molecule has 0 saturated carbocycles. The Morgan fingerprint density at radius 2 is 1.21 bits per heavy atom. The number of nitrogens with two attached hydrogens (primary N) is 1. The summed E-state index contributed by atoms with van der Waals surface area (Å²) in [5.41, 5.74) is 5.38. The third kappa shape index (κ3) is 11.2. The second-order valence-electron chi connectivity index (χ2n) is 7.95. The lowest BCUT2D eigenvalue weighted by Crippen LogP contribution is -2.58. The molecule has 0 spiro atoms. The van der Waals surface area contributed by atoms with Gasteiger partial charge in [-0.1, -0.05) is 13.8 Å². The van der Waals surface area contributed by atoms with E-state index in [4.69, 9.17) is 10.8 Å². The Morgan fingerprint density at radius 3 is 1.64 bits per heavy atom. The van der Waals surface area contributed by atoms with Gasteiger partial charge < -0.3 is 42.3 Å². The van der Waals surface area contributed by atoms with E-state index >= 15 is 0 Å². The van der Waals surface area contributed by atoms with Gasteiger partial charge in [0.2, 0.25) is 23.6 Å². The van der Waals surface area contributed by atoms with Crippen molar-refractivity contribution in [3.8, 4) is 0 Å².